The summed E-state index contributed by atoms with van der Waals surface area (Å²) in [5.41, 5.74) is 0. The molecule has 0 aliphatic carbocycles. The third kappa shape index (κ3) is 2.74. The first kappa shape index (κ1) is 13.1. The Morgan fingerprint density at radius 1 is 1.44 bits per heavy atom. The van der Waals surface area contributed by atoms with Gasteiger partial charge >= 0.3 is 10.2 Å². The van der Waals surface area contributed by atoms with E-state index in [2.05, 4.69) is 15.1 Å². The maximum atomic E-state index is 12.1. The number of rotatable bonds is 4. The standard InChI is InChI=1S/C9H17N5O3S/c1-13-9(17-2)7-8(11-13)12-18(15,16)14-5-3-10-4-6-14/h7,10H,3-6H2,1-2H3,(H,11,12). The topological polar surface area (TPSA) is 88.5 Å². The maximum Gasteiger partial charge on any atom is 0.302 e. The summed E-state index contributed by atoms with van der Waals surface area (Å²) in [5, 5.41) is 7.12. The number of nitrogens with zero attached hydrogens (tertiary/aromatic N) is 3. The lowest BCUT2D eigenvalue weighted by Crippen LogP contribution is -2.48. The Kier molecular flexibility index (Phi) is 3.73. The Hall–Kier alpha value is -1.32. The van der Waals surface area contributed by atoms with Crippen molar-refractivity contribution in [2.45, 2.75) is 0 Å². The van der Waals surface area contributed by atoms with Crippen LogP contribution in [-0.2, 0) is 17.3 Å². The zero-order valence-electron chi connectivity index (χ0n) is 10.4. The van der Waals surface area contributed by atoms with Gasteiger partial charge < -0.3 is 10.1 Å². The van der Waals surface area contributed by atoms with Gasteiger partial charge in [0.25, 0.3) is 0 Å². The van der Waals surface area contributed by atoms with Crippen molar-refractivity contribution in [3.8, 4) is 5.88 Å². The zero-order chi connectivity index (χ0) is 13.2. The van der Waals surface area contributed by atoms with Crippen LogP contribution >= 0.6 is 0 Å². The summed E-state index contributed by atoms with van der Waals surface area (Å²) < 4.78 is 34.5. The molecule has 0 aromatic carbocycles. The van der Waals surface area contributed by atoms with Crippen molar-refractivity contribution >= 4 is 16.0 Å². The van der Waals surface area contributed by atoms with Crippen LogP contribution in [0.2, 0.25) is 0 Å². The molecule has 1 fully saturated rings. The zero-order valence-corrected chi connectivity index (χ0v) is 11.2. The van der Waals surface area contributed by atoms with Crippen molar-refractivity contribution in [3.05, 3.63) is 6.07 Å². The summed E-state index contributed by atoms with van der Waals surface area (Å²) in [7, 11) is -0.349. The van der Waals surface area contributed by atoms with Crippen LogP contribution in [0.1, 0.15) is 0 Å². The predicted molar refractivity (Wildman–Crippen MR) is 66.7 cm³/mol. The van der Waals surface area contributed by atoms with Gasteiger partial charge in [0, 0.05) is 39.3 Å². The van der Waals surface area contributed by atoms with Gasteiger partial charge in [-0.3, -0.25) is 4.72 Å². The summed E-state index contributed by atoms with van der Waals surface area (Å²) >= 11 is 0. The van der Waals surface area contributed by atoms with Gasteiger partial charge in [-0.15, -0.1) is 0 Å². The molecular formula is C9H17N5O3S. The Bertz CT molecular complexity index is 506. The molecule has 0 unspecified atom stereocenters. The van der Waals surface area contributed by atoms with Crippen LogP contribution in [0, 0.1) is 0 Å². The van der Waals surface area contributed by atoms with E-state index in [-0.39, 0.29) is 5.82 Å². The highest BCUT2D eigenvalue weighted by Crippen LogP contribution is 2.17. The van der Waals surface area contributed by atoms with E-state index in [4.69, 9.17) is 4.74 Å². The second kappa shape index (κ2) is 5.12. The van der Waals surface area contributed by atoms with Gasteiger partial charge in [0.05, 0.1) is 7.11 Å². The number of hydrogen-bond acceptors (Lipinski definition) is 5. The number of hydrogen-bond donors (Lipinski definition) is 2. The average molecular weight is 275 g/mol. The van der Waals surface area contributed by atoms with E-state index in [1.807, 2.05) is 0 Å². The van der Waals surface area contributed by atoms with E-state index in [9.17, 15) is 8.42 Å². The molecule has 2 heterocycles. The van der Waals surface area contributed by atoms with Crippen molar-refractivity contribution < 1.29 is 13.2 Å². The van der Waals surface area contributed by atoms with Gasteiger partial charge in [-0.05, 0) is 0 Å². The van der Waals surface area contributed by atoms with E-state index in [0.29, 0.717) is 32.1 Å². The van der Waals surface area contributed by atoms with Crippen LogP contribution < -0.4 is 14.8 Å². The number of aromatic nitrogens is 2. The van der Waals surface area contributed by atoms with Crippen molar-refractivity contribution in [2.24, 2.45) is 7.05 Å². The second-order valence-electron chi connectivity index (χ2n) is 3.95. The minimum Gasteiger partial charge on any atom is -0.481 e. The van der Waals surface area contributed by atoms with Gasteiger partial charge in [0.15, 0.2) is 5.82 Å². The molecule has 0 bridgehead atoms. The molecule has 2 rings (SSSR count). The minimum atomic E-state index is -3.54. The number of ether oxygens (including phenoxy) is 1. The molecule has 0 radical (unpaired) electrons. The Balaban J connectivity index is 2.11. The second-order valence-corrected chi connectivity index (χ2v) is 5.62. The van der Waals surface area contributed by atoms with Crippen LogP contribution in [0.15, 0.2) is 6.07 Å². The number of methoxy groups -OCH3 is 1. The molecule has 0 saturated carbocycles. The fourth-order valence-corrected chi connectivity index (χ4v) is 2.93. The highest BCUT2D eigenvalue weighted by molar-refractivity contribution is 7.90. The molecule has 0 atom stereocenters. The van der Waals surface area contributed by atoms with Gasteiger partial charge in [-0.2, -0.15) is 17.8 Å². The van der Waals surface area contributed by atoms with Gasteiger partial charge in [-0.25, -0.2) is 4.68 Å². The summed E-state index contributed by atoms with van der Waals surface area (Å²) in [4.78, 5) is 0. The highest BCUT2D eigenvalue weighted by atomic mass is 32.2. The lowest BCUT2D eigenvalue weighted by molar-refractivity contribution is 0.362. The lowest BCUT2D eigenvalue weighted by atomic mass is 10.4. The number of nitrogens with one attached hydrogen (secondary N) is 2. The molecule has 0 amide bonds. The normalized spacial score (nSPS) is 17.7. The summed E-state index contributed by atoms with van der Waals surface area (Å²) in [6, 6.07) is 1.54. The lowest BCUT2D eigenvalue weighted by Gasteiger charge is -2.26. The Morgan fingerprint density at radius 3 is 2.67 bits per heavy atom. The summed E-state index contributed by atoms with van der Waals surface area (Å²) in [6.45, 7) is 2.23. The van der Waals surface area contributed by atoms with Crippen LogP contribution in [0.25, 0.3) is 0 Å². The van der Waals surface area contributed by atoms with Crippen molar-refractivity contribution in [2.75, 3.05) is 38.0 Å². The van der Waals surface area contributed by atoms with E-state index < -0.39 is 10.2 Å². The monoisotopic (exact) mass is 275 g/mol. The summed E-state index contributed by atoms with van der Waals surface area (Å²) in [5.74, 6) is 0.751. The van der Waals surface area contributed by atoms with Crippen LogP contribution in [0.3, 0.4) is 0 Å². The average Bonchev–Trinajstić information content (AvgIpc) is 2.70. The first-order valence-electron chi connectivity index (χ1n) is 5.59. The Morgan fingerprint density at radius 2 is 2.11 bits per heavy atom. The smallest absolute Gasteiger partial charge is 0.302 e. The third-order valence-corrected chi connectivity index (χ3v) is 4.21. The number of aryl methyl sites for hydroxylation is 1. The molecule has 8 nitrogen and oxygen atoms in total. The molecule has 1 aliphatic heterocycles. The molecule has 1 aromatic rings. The quantitative estimate of drug-likeness (QED) is 0.735. The molecule has 2 N–H and O–H groups in total. The fourth-order valence-electron chi connectivity index (χ4n) is 1.77. The minimum absolute atomic E-state index is 0.257. The molecule has 0 spiro atoms. The van der Waals surface area contributed by atoms with Crippen molar-refractivity contribution in [1.29, 1.82) is 0 Å². The van der Waals surface area contributed by atoms with E-state index in [1.165, 1.54) is 16.1 Å². The van der Waals surface area contributed by atoms with Crippen LogP contribution in [-0.4, -0.2) is 55.8 Å². The molecule has 9 heteroatoms. The van der Waals surface area contributed by atoms with E-state index in [1.54, 1.807) is 13.1 Å². The highest BCUT2D eigenvalue weighted by Gasteiger charge is 2.24. The molecule has 102 valence electrons. The molecule has 1 saturated heterocycles. The fraction of sp³-hybridized carbons (Fsp3) is 0.667. The van der Waals surface area contributed by atoms with Crippen LogP contribution in [0.4, 0.5) is 5.82 Å². The maximum absolute atomic E-state index is 12.1. The van der Waals surface area contributed by atoms with Gasteiger partial charge in [0.2, 0.25) is 5.88 Å². The summed E-state index contributed by atoms with van der Waals surface area (Å²) in [6.07, 6.45) is 0. The van der Waals surface area contributed by atoms with Gasteiger partial charge in [0.1, 0.15) is 0 Å². The number of anilines is 1. The third-order valence-electron chi connectivity index (χ3n) is 2.70. The number of piperazine rings is 1. The first-order chi connectivity index (χ1) is 8.53. The largest absolute Gasteiger partial charge is 0.481 e. The predicted octanol–water partition coefficient (Wildman–Crippen LogP) is -1.01. The van der Waals surface area contributed by atoms with Crippen molar-refractivity contribution in [1.82, 2.24) is 19.4 Å². The molecule has 1 aromatic heterocycles. The first-order valence-corrected chi connectivity index (χ1v) is 7.03. The van der Waals surface area contributed by atoms with E-state index in [0.717, 1.165) is 0 Å². The van der Waals surface area contributed by atoms with E-state index >= 15 is 0 Å². The molecule has 1 aliphatic rings. The molecule has 18 heavy (non-hydrogen) atoms. The van der Waals surface area contributed by atoms with Crippen LogP contribution in [0.5, 0.6) is 5.88 Å². The molecular weight excluding hydrogens is 258 g/mol. The van der Waals surface area contributed by atoms with Crippen molar-refractivity contribution in [3.63, 3.8) is 0 Å². The van der Waals surface area contributed by atoms with Gasteiger partial charge in [-0.1, -0.05) is 0 Å². The Labute approximate surface area is 106 Å². The SMILES string of the molecule is COc1cc(NS(=O)(=O)N2CCNCC2)nn1C.